The second-order valence-electron chi connectivity index (χ2n) is 4.02. The fourth-order valence-corrected chi connectivity index (χ4v) is 2.85. The van der Waals surface area contributed by atoms with Crippen molar-refractivity contribution >= 4 is 27.6 Å². The standard InChI is InChI=1S/C10H16N2O4S2/c1-8-6-12(4-3-5-18(2,15)16)10(11-8)17-7-9(13)14/h6H,3-5,7H2,1-2H3,(H,13,14). The second-order valence-corrected chi connectivity index (χ2v) is 7.23. The van der Waals surface area contributed by atoms with Gasteiger partial charge in [-0.3, -0.25) is 4.79 Å². The number of carboxylic acid groups (broad SMARTS) is 1. The molecule has 0 saturated heterocycles. The lowest BCUT2D eigenvalue weighted by Gasteiger charge is -2.05. The Hall–Kier alpha value is -1.02. The van der Waals surface area contributed by atoms with E-state index in [0.717, 1.165) is 17.5 Å². The molecule has 0 fully saturated rings. The van der Waals surface area contributed by atoms with E-state index in [0.29, 0.717) is 18.1 Å². The molecule has 0 aromatic carbocycles. The number of thioether (sulfide) groups is 1. The van der Waals surface area contributed by atoms with Gasteiger partial charge in [-0.1, -0.05) is 11.8 Å². The van der Waals surface area contributed by atoms with Gasteiger partial charge in [0.15, 0.2) is 5.16 Å². The van der Waals surface area contributed by atoms with Crippen LogP contribution in [0.1, 0.15) is 12.1 Å². The third-order valence-corrected chi connectivity index (χ3v) is 4.10. The molecule has 6 nitrogen and oxygen atoms in total. The van der Waals surface area contributed by atoms with Crippen LogP contribution in [0.4, 0.5) is 0 Å². The quantitative estimate of drug-likeness (QED) is 0.748. The Balaban J connectivity index is 2.61. The molecule has 0 amide bonds. The van der Waals surface area contributed by atoms with Gasteiger partial charge in [-0.25, -0.2) is 13.4 Å². The van der Waals surface area contributed by atoms with Crippen LogP contribution < -0.4 is 0 Å². The fourth-order valence-electron chi connectivity index (χ4n) is 1.42. The van der Waals surface area contributed by atoms with Crippen molar-refractivity contribution in [3.8, 4) is 0 Å². The van der Waals surface area contributed by atoms with Crippen LogP contribution in [0, 0.1) is 6.92 Å². The van der Waals surface area contributed by atoms with Crippen LogP contribution in [0.3, 0.4) is 0 Å². The van der Waals surface area contributed by atoms with Gasteiger partial charge < -0.3 is 9.67 Å². The van der Waals surface area contributed by atoms with Crippen molar-refractivity contribution in [1.82, 2.24) is 9.55 Å². The first-order valence-electron chi connectivity index (χ1n) is 5.34. The summed E-state index contributed by atoms with van der Waals surface area (Å²) in [5.74, 6) is -0.834. The summed E-state index contributed by atoms with van der Waals surface area (Å²) < 4.78 is 23.8. The average molecular weight is 292 g/mol. The SMILES string of the molecule is Cc1cn(CCCS(C)(=O)=O)c(SCC(=O)O)n1. The molecule has 0 spiro atoms. The van der Waals surface area contributed by atoms with E-state index in [1.54, 1.807) is 10.8 Å². The molecule has 0 aliphatic carbocycles. The van der Waals surface area contributed by atoms with Crippen molar-refractivity contribution in [3.05, 3.63) is 11.9 Å². The van der Waals surface area contributed by atoms with E-state index in [1.807, 2.05) is 6.92 Å². The predicted octanol–water partition coefficient (Wildman–Crippen LogP) is 0.803. The Morgan fingerprint density at radius 2 is 2.22 bits per heavy atom. The smallest absolute Gasteiger partial charge is 0.313 e. The van der Waals surface area contributed by atoms with Gasteiger partial charge in [0.25, 0.3) is 0 Å². The number of aryl methyl sites for hydroxylation is 2. The zero-order chi connectivity index (χ0) is 13.8. The molecular weight excluding hydrogens is 276 g/mol. The molecule has 0 atom stereocenters. The highest BCUT2D eigenvalue weighted by Gasteiger charge is 2.09. The van der Waals surface area contributed by atoms with E-state index in [1.165, 1.54) is 6.26 Å². The number of nitrogens with zero attached hydrogens (tertiary/aromatic N) is 2. The van der Waals surface area contributed by atoms with Gasteiger partial charge in [0.2, 0.25) is 0 Å². The van der Waals surface area contributed by atoms with E-state index in [4.69, 9.17) is 5.11 Å². The molecular formula is C10H16N2O4S2. The van der Waals surface area contributed by atoms with Gasteiger partial charge in [-0.2, -0.15) is 0 Å². The lowest BCUT2D eigenvalue weighted by atomic mass is 10.5. The highest BCUT2D eigenvalue weighted by atomic mass is 32.2. The summed E-state index contributed by atoms with van der Waals surface area (Å²) in [5, 5.41) is 9.23. The van der Waals surface area contributed by atoms with Crippen LogP contribution in [0.2, 0.25) is 0 Å². The van der Waals surface area contributed by atoms with Crippen LogP contribution >= 0.6 is 11.8 Å². The zero-order valence-corrected chi connectivity index (χ0v) is 11.9. The zero-order valence-electron chi connectivity index (χ0n) is 10.3. The monoisotopic (exact) mass is 292 g/mol. The minimum absolute atomic E-state index is 0.0530. The van der Waals surface area contributed by atoms with Crippen LogP contribution in [0.25, 0.3) is 0 Å². The minimum Gasteiger partial charge on any atom is -0.481 e. The molecule has 0 radical (unpaired) electrons. The predicted molar refractivity (Wildman–Crippen MR) is 69.7 cm³/mol. The number of carbonyl (C=O) groups is 1. The van der Waals surface area contributed by atoms with Gasteiger partial charge in [-0.15, -0.1) is 0 Å². The number of hydrogen-bond donors (Lipinski definition) is 1. The molecule has 0 aliphatic rings. The van der Waals surface area contributed by atoms with Gasteiger partial charge in [0.1, 0.15) is 9.84 Å². The Bertz CT molecular complexity index is 522. The topological polar surface area (TPSA) is 89.3 Å². The summed E-state index contributed by atoms with van der Waals surface area (Å²) >= 11 is 1.14. The number of hydrogen-bond acceptors (Lipinski definition) is 5. The molecule has 0 bridgehead atoms. The van der Waals surface area contributed by atoms with E-state index in [-0.39, 0.29) is 11.5 Å². The first-order valence-corrected chi connectivity index (χ1v) is 8.38. The molecule has 1 aromatic heterocycles. The third kappa shape index (κ3) is 5.54. The summed E-state index contributed by atoms with van der Waals surface area (Å²) in [6.07, 6.45) is 3.49. The molecule has 0 aliphatic heterocycles. The summed E-state index contributed by atoms with van der Waals surface area (Å²) in [4.78, 5) is 14.7. The summed E-state index contributed by atoms with van der Waals surface area (Å²) in [6.45, 7) is 2.34. The Morgan fingerprint density at radius 3 is 2.78 bits per heavy atom. The fraction of sp³-hybridized carbons (Fsp3) is 0.600. The molecule has 102 valence electrons. The average Bonchev–Trinajstić information content (AvgIpc) is 2.54. The molecule has 0 saturated carbocycles. The maximum absolute atomic E-state index is 11.0. The maximum Gasteiger partial charge on any atom is 0.313 e. The van der Waals surface area contributed by atoms with Crippen molar-refractivity contribution in [2.24, 2.45) is 0 Å². The number of sulfone groups is 1. The van der Waals surface area contributed by atoms with E-state index < -0.39 is 15.8 Å². The third-order valence-electron chi connectivity index (χ3n) is 2.10. The van der Waals surface area contributed by atoms with Gasteiger partial charge in [0.05, 0.1) is 17.2 Å². The molecule has 1 heterocycles. The molecule has 1 rings (SSSR count). The van der Waals surface area contributed by atoms with Crippen LogP contribution in [0.5, 0.6) is 0 Å². The van der Waals surface area contributed by atoms with Crippen molar-refractivity contribution < 1.29 is 18.3 Å². The Kier molecular flexibility index (Phi) is 5.21. The normalized spacial score (nSPS) is 11.7. The Morgan fingerprint density at radius 1 is 1.56 bits per heavy atom. The lowest BCUT2D eigenvalue weighted by Crippen LogP contribution is -2.08. The van der Waals surface area contributed by atoms with Crippen LogP contribution in [-0.4, -0.2) is 46.8 Å². The van der Waals surface area contributed by atoms with Crippen LogP contribution in [0.15, 0.2) is 11.4 Å². The second kappa shape index (κ2) is 6.24. The highest BCUT2D eigenvalue weighted by molar-refractivity contribution is 7.99. The maximum atomic E-state index is 11.0. The van der Waals surface area contributed by atoms with Crippen molar-refractivity contribution in [3.63, 3.8) is 0 Å². The number of aromatic nitrogens is 2. The van der Waals surface area contributed by atoms with Crippen LogP contribution in [-0.2, 0) is 21.2 Å². The lowest BCUT2D eigenvalue weighted by molar-refractivity contribution is -0.133. The number of rotatable bonds is 7. The van der Waals surface area contributed by atoms with Crippen molar-refractivity contribution in [2.45, 2.75) is 25.0 Å². The number of imidazole rings is 1. The van der Waals surface area contributed by atoms with Crippen molar-refractivity contribution in [1.29, 1.82) is 0 Å². The van der Waals surface area contributed by atoms with E-state index in [9.17, 15) is 13.2 Å². The summed E-state index contributed by atoms with van der Waals surface area (Å²) in [6, 6.07) is 0. The van der Waals surface area contributed by atoms with Crippen molar-refractivity contribution in [2.75, 3.05) is 17.8 Å². The van der Waals surface area contributed by atoms with Gasteiger partial charge in [-0.05, 0) is 13.3 Å². The first kappa shape index (κ1) is 15.0. The molecule has 1 aromatic rings. The molecule has 1 N–H and O–H groups in total. The summed E-state index contributed by atoms with van der Waals surface area (Å²) in [7, 11) is -2.96. The first-order chi connectivity index (χ1) is 8.28. The van der Waals surface area contributed by atoms with E-state index in [2.05, 4.69) is 4.98 Å². The van der Waals surface area contributed by atoms with Gasteiger partial charge >= 0.3 is 5.97 Å². The number of carboxylic acids is 1. The van der Waals surface area contributed by atoms with E-state index >= 15 is 0 Å². The largest absolute Gasteiger partial charge is 0.481 e. The van der Waals surface area contributed by atoms with Gasteiger partial charge in [0, 0.05) is 19.0 Å². The molecule has 0 unspecified atom stereocenters. The molecule has 18 heavy (non-hydrogen) atoms. The summed E-state index contributed by atoms with van der Waals surface area (Å²) in [5.41, 5.74) is 0.794. The highest BCUT2D eigenvalue weighted by Crippen LogP contribution is 2.17. The number of aliphatic carboxylic acids is 1. The minimum atomic E-state index is -2.96. The molecule has 8 heteroatoms. The Labute approximate surface area is 110 Å².